The van der Waals surface area contributed by atoms with E-state index in [4.69, 9.17) is 10.7 Å². The summed E-state index contributed by atoms with van der Waals surface area (Å²) in [7, 11) is 0. The lowest BCUT2D eigenvalue weighted by molar-refractivity contribution is 0.776. The molecule has 3 aromatic rings. The number of hydrogen-bond donors (Lipinski definition) is 1. The van der Waals surface area contributed by atoms with Gasteiger partial charge in [-0.1, -0.05) is 6.07 Å². The van der Waals surface area contributed by atoms with Crippen molar-refractivity contribution in [2.45, 2.75) is 26.7 Å². The van der Waals surface area contributed by atoms with E-state index in [2.05, 4.69) is 26.0 Å². The van der Waals surface area contributed by atoms with Crippen LogP contribution in [-0.4, -0.2) is 37.8 Å². The van der Waals surface area contributed by atoms with Crippen LogP contribution < -0.4 is 10.6 Å². The van der Waals surface area contributed by atoms with Gasteiger partial charge in [0.2, 0.25) is 0 Å². The summed E-state index contributed by atoms with van der Waals surface area (Å²) in [5, 5.41) is 14.0. The summed E-state index contributed by atoms with van der Waals surface area (Å²) in [4.78, 5) is 15.8. The van der Waals surface area contributed by atoms with Crippen molar-refractivity contribution in [3.8, 4) is 23.4 Å². The van der Waals surface area contributed by atoms with Crippen LogP contribution in [0.25, 0.3) is 17.3 Å². The predicted octanol–water partition coefficient (Wildman–Crippen LogP) is 2.40. The lowest BCUT2D eigenvalue weighted by atomic mass is 10.1. The number of hydrogen-bond acceptors (Lipinski definition) is 7. The molecular weight excluding hydrogens is 340 g/mol. The third-order valence-electron chi connectivity index (χ3n) is 4.64. The summed E-state index contributed by atoms with van der Waals surface area (Å²) in [5.74, 6) is 1.35. The van der Waals surface area contributed by atoms with E-state index in [0.717, 1.165) is 43.1 Å². The monoisotopic (exact) mass is 360 g/mol. The van der Waals surface area contributed by atoms with Crippen LogP contribution in [0, 0.1) is 25.2 Å². The minimum Gasteiger partial charge on any atom is -0.382 e. The summed E-state index contributed by atoms with van der Waals surface area (Å²) in [6.45, 7) is 5.80. The number of nitrogen functional groups attached to an aromatic ring is 1. The second kappa shape index (κ2) is 6.68. The molecule has 3 aromatic heterocycles. The fourth-order valence-corrected chi connectivity index (χ4v) is 3.37. The molecule has 0 aliphatic carbocycles. The van der Waals surface area contributed by atoms with Gasteiger partial charge in [-0.15, -0.1) is 0 Å². The fraction of sp³-hybridized carbons (Fsp3) is 0.316. The van der Waals surface area contributed by atoms with E-state index in [1.54, 1.807) is 4.68 Å². The summed E-state index contributed by atoms with van der Waals surface area (Å²) < 4.78 is 1.63. The Labute approximate surface area is 157 Å². The molecule has 4 heterocycles. The number of aryl methyl sites for hydroxylation is 2. The lowest BCUT2D eigenvalue weighted by Crippen LogP contribution is -2.19. The van der Waals surface area contributed by atoms with Gasteiger partial charge in [-0.2, -0.15) is 15.3 Å². The topological polar surface area (TPSA) is 110 Å². The standard InChI is InChI=1S/C19H20N8/c1-12-10-13(2)27(25-12)19-23-17(14(11-20)18(21)24-19)15-6-5-7-16(22-15)26-8-3-4-9-26/h5-7,10H,3-4,8-9H2,1-2H3,(H2,21,23,24). The molecule has 1 aliphatic heterocycles. The summed E-state index contributed by atoms with van der Waals surface area (Å²) in [6.07, 6.45) is 2.33. The van der Waals surface area contributed by atoms with Crippen LogP contribution in [0.4, 0.5) is 11.6 Å². The second-order valence-corrected chi connectivity index (χ2v) is 6.66. The van der Waals surface area contributed by atoms with Crippen LogP contribution in [-0.2, 0) is 0 Å². The van der Waals surface area contributed by atoms with E-state index >= 15 is 0 Å². The highest BCUT2D eigenvalue weighted by Gasteiger charge is 2.19. The maximum absolute atomic E-state index is 9.59. The van der Waals surface area contributed by atoms with Gasteiger partial charge in [0.15, 0.2) is 0 Å². The van der Waals surface area contributed by atoms with Crippen LogP contribution in [0.3, 0.4) is 0 Å². The Morgan fingerprint density at radius 1 is 1.11 bits per heavy atom. The third-order valence-corrected chi connectivity index (χ3v) is 4.64. The van der Waals surface area contributed by atoms with E-state index < -0.39 is 0 Å². The summed E-state index contributed by atoms with van der Waals surface area (Å²) in [5.41, 5.74) is 9.08. The molecule has 0 bridgehead atoms. The number of nitrogens with zero attached hydrogens (tertiary/aromatic N) is 7. The van der Waals surface area contributed by atoms with Crippen LogP contribution in [0.1, 0.15) is 29.8 Å². The van der Waals surface area contributed by atoms with Gasteiger partial charge in [0, 0.05) is 18.8 Å². The molecule has 2 N–H and O–H groups in total. The van der Waals surface area contributed by atoms with Crippen molar-refractivity contribution in [2.75, 3.05) is 23.7 Å². The molecule has 0 unspecified atom stereocenters. The highest BCUT2D eigenvalue weighted by atomic mass is 15.4. The van der Waals surface area contributed by atoms with Gasteiger partial charge in [-0.05, 0) is 44.9 Å². The number of pyridine rings is 1. The van der Waals surface area contributed by atoms with Crippen LogP contribution >= 0.6 is 0 Å². The quantitative estimate of drug-likeness (QED) is 0.763. The molecule has 0 aromatic carbocycles. The second-order valence-electron chi connectivity index (χ2n) is 6.66. The van der Waals surface area contributed by atoms with E-state index in [1.807, 2.05) is 38.1 Å². The first-order valence-electron chi connectivity index (χ1n) is 8.90. The molecule has 1 fully saturated rings. The van der Waals surface area contributed by atoms with Gasteiger partial charge in [0.05, 0.1) is 11.4 Å². The summed E-state index contributed by atoms with van der Waals surface area (Å²) in [6, 6.07) is 9.80. The van der Waals surface area contributed by atoms with E-state index in [0.29, 0.717) is 17.3 Å². The molecule has 0 radical (unpaired) electrons. The molecule has 0 amide bonds. The third kappa shape index (κ3) is 3.08. The van der Waals surface area contributed by atoms with Gasteiger partial charge < -0.3 is 10.6 Å². The molecule has 0 saturated carbocycles. The minimum absolute atomic E-state index is 0.124. The Hall–Kier alpha value is -3.47. The van der Waals surface area contributed by atoms with E-state index in [1.165, 1.54) is 0 Å². The molecule has 8 heteroatoms. The average molecular weight is 360 g/mol. The van der Waals surface area contributed by atoms with Crippen LogP contribution in [0.5, 0.6) is 0 Å². The van der Waals surface area contributed by atoms with Crippen molar-refractivity contribution >= 4 is 11.6 Å². The number of nitrogens with two attached hydrogens (primary N) is 1. The molecule has 0 spiro atoms. The Morgan fingerprint density at radius 3 is 2.56 bits per heavy atom. The highest BCUT2D eigenvalue weighted by molar-refractivity contribution is 5.71. The van der Waals surface area contributed by atoms with Crippen molar-refractivity contribution in [2.24, 2.45) is 0 Å². The van der Waals surface area contributed by atoms with Crippen molar-refractivity contribution < 1.29 is 0 Å². The zero-order valence-electron chi connectivity index (χ0n) is 15.3. The van der Waals surface area contributed by atoms with Crippen LogP contribution in [0.15, 0.2) is 24.3 Å². The van der Waals surface area contributed by atoms with E-state index in [9.17, 15) is 5.26 Å². The fourth-order valence-electron chi connectivity index (χ4n) is 3.37. The Kier molecular flexibility index (Phi) is 4.20. The van der Waals surface area contributed by atoms with Gasteiger partial charge in [-0.25, -0.2) is 14.6 Å². The minimum atomic E-state index is 0.124. The lowest BCUT2D eigenvalue weighted by Gasteiger charge is -2.17. The first-order valence-corrected chi connectivity index (χ1v) is 8.90. The zero-order chi connectivity index (χ0) is 19.0. The normalized spacial score (nSPS) is 13.7. The SMILES string of the molecule is Cc1cc(C)n(-c2nc(N)c(C#N)c(-c3cccc(N4CCCC4)n3)n2)n1. The van der Waals surface area contributed by atoms with Crippen molar-refractivity contribution in [3.63, 3.8) is 0 Å². The molecule has 4 rings (SSSR count). The average Bonchev–Trinajstić information content (AvgIpc) is 3.31. The molecule has 8 nitrogen and oxygen atoms in total. The number of anilines is 2. The molecule has 1 saturated heterocycles. The molecule has 0 atom stereocenters. The van der Waals surface area contributed by atoms with Gasteiger partial charge >= 0.3 is 0 Å². The maximum atomic E-state index is 9.59. The van der Waals surface area contributed by atoms with E-state index in [-0.39, 0.29) is 11.4 Å². The molecule has 1 aliphatic rings. The molecular formula is C19H20N8. The number of rotatable bonds is 3. The smallest absolute Gasteiger partial charge is 0.253 e. The Bertz CT molecular complexity index is 1040. The molecule has 27 heavy (non-hydrogen) atoms. The van der Waals surface area contributed by atoms with Gasteiger partial charge in [0.1, 0.15) is 29.0 Å². The van der Waals surface area contributed by atoms with Crippen molar-refractivity contribution in [1.29, 1.82) is 5.26 Å². The van der Waals surface area contributed by atoms with Crippen molar-refractivity contribution in [3.05, 3.63) is 41.2 Å². The first kappa shape index (κ1) is 17.0. The number of aromatic nitrogens is 5. The first-order chi connectivity index (χ1) is 13.1. The van der Waals surface area contributed by atoms with Gasteiger partial charge in [0.25, 0.3) is 5.95 Å². The molecule has 136 valence electrons. The largest absolute Gasteiger partial charge is 0.382 e. The Morgan fingerprint density at radius 2 is 1.89 bits per heavy atom. The van der Waals surface area contributed by atoms with Crippen LogP contribution in [0.2, 0.25) is 0 Å². The summed E-state index contributed by atoms with van der Waals surface area (Å²) >= 11 is 0. The highest BCUT2D eigenvalue weighted by Crippen LogP contribution is 2.27. The predicted molar refractivity (Wildman–Crippen MR) is 102 cm³/mol. The number of nitriles is 1. The Balaban J connectivity index is 1.86. The van der Waals surface area contributed by atoms with Crippen molar-refractivity contribution in [1.82, 2.24) is 24.7 Å². The maximum Gasteiger partial charge on any atom is 0.253 e. The van der Waals surface area contributed by atoms with Gasteiger partial charge in [-0.3, -0.25) is 0 Å². The zero-order valence-corrected chi connectivity index (χ0v) is 15.3.